The van der Waals surface area contributed by atoms with Crippen molar-refractivity contribution in [1.82, 2.24) is 5.32 Å². The molecule has 0 radical (unpaired) electrons. The van der Waals surface area contributed by atoms with E-state index in [1.165, 1.54) is 62.8 Å². The Kier molecular flexibility index (Phi) is 10.1. The van der Waals surface area contributed by atoms with Crippen LogP contribution in [0.4, 0.5) is 5.69 Å². The summed E-state index contributed by atoms with van der Waals surface area (Å²) in [5, 5.41) is 14.5. The Hall–Kier alpha value is -5.78. The topological polar surface area (TPSA) is 160 Å². The number of rotatable bonds is 12. The predicted octanol–water partition coefficient (Wildman–Crippen LogP) is 4.70. The van der Waals surface area contributed by atoms with Crippen molar-refractivity contribution in [2.45, 2.75) is 19.8 Å². The van der Waals surface area contributed by atoms with Gasteiger partial charge in [0, 0.05) is 40.3 Å². The number of nitrogens with zero attached hydrogens (tertiary/aromatic N) is 1. The van der Waals surface area contributed by atoms with E-state index in [0.717, 1.165) is 0 Å². The minimum Gasteiger partial charge on any atom is -0.497 e. The van der Waals surface area contributed by atoms with Crippen molar-refractivity contribution < 1.29 is 43.0 Å². The highest BCUT2D eigenvalue weighted by Gasteiger charge is 2.43. The number of ketones is 2. The molecule has 45 heavy (non-hydrogen) atoms. The van der Waals surface area contributed by atoms with E-state index in [0.29, 0.717) is 11.5 Å². The molecule has 1 aliphatic heterocycles. The van der Waals surface area contributed by atoms with Crippen molar-refractivity contribution in [2.24, 2.45) is 0 Å². The Labute approximate surface area is 258 Å². The first kappa shape index (κ1) is 32.1. The van der Waals surface area contributed by atoms with Crippen LogP contribution in [0.25, 0.3) is 0 Å². The van der Waals surface area contributed by atoms with E-state index < -0.39 is 45.7 Å². The standard InChI is InChI=1S/C33H30N2O10/c1-5-44-32(38)28-26(30(36)19-10-14-23(42-3)15-11-19)25(21-8-7-9-22(18-21)35(40)41)27(29(34-28)33(39)45-6-2)31(37)20-12-16-24(43-4)17-13-20/h7-18,25,34H,5-6H2,1-4H3. The monoisotopic (exact) mass is 614 g/mol. The molecule has 4 rings (SSSR count). The number of carbonyl (C=O) groups is 4. The van der Waals surface area contributed by atoms with Crippen molar-refractivity contribution in [3.63, 3.8) is 0 Å². The lowest BCUT2D eigenvalue weighted by Gasteiger charge is -2.32. The molecule has 3 aromatic rings. The van der Waals surface area contributed by atoms with E-state index in [2.05, 4.69) is 5.32 Å². The first-order valence-corrected chi connectivity index (χ1v) is 13.9. The second kappa shape index (κ2) is 14.1. The third kappa shape index (κ3) is 6.74. The molecule has 0 fully saturated rings. The van der Waals surface area contributed by atoms with Crippen molar-refractivity contribution in [2.75, 3.05) is 27.4 Å². The second-order valence-corrected chi connectivity index (χ2v) is 9.54. The van der Waals surface area contributed by atoms with Crippen LogP contribution in [0, 0.1) is 10.1 Å². The maximum Gasteiger partial charge on any atom is 0.355 e. The highest BCUT2D eigenvalue weighted by atomic mass is 16.6. The highest BCUT2D eigenvalue weighted by Crippen LogP contribution is 2.43. The molecule has 0 saturated heterocycles. The Morgan fingerprint density at radius 1 is 0.733 bits per heavy atom. The van der Waals surface area contributed by atoms with Gasteiger partial charge in [-0.1, -0.05) is 12.1 Å². The summed E-state index contributed by atoms with van der Waals surface area (Å²) in [4.78, 5) is 66.8. The third-order valence-electron chi connectivity index (χ3n) is 6.93. The fourth-order valence-corrected chi connectivity index (χ4v) is 4.86. The lowest BCUT2D eigenvalue weighted by molar-refractivity contribution is -0.384. The number of hydrogen-bond acceptors (Lipinski definition) is 11. The number of nitrogens with one attached hydrogen (secondary N) is 1. The molecule has 0 amide bonds. The molecular formula is C33H30N2O10. The molecule has 232 valence electrons. The number of hydrogen-bond donors (Lipinski definition) is 1. The third-order valence-corrected chi connectivity index (χ3v) is 6.93. The van der Waals surface area contributed by atoms with Gasteiger partial charge in [-0.05, 0) is 67.9 Å². The van der Waals surface area contributed by atoms with Crippen LogP contribution in [0.1, 0.15) is 46.0 Å². The fourth-order valence-electron chi connectivity index (χ4n) is 4.86. The predicted molar refractivity (Wildman–Crippen MR) is 161 cm³/mol. The van der Waals surface area contributed by atoms with Gasteiger partial charge < -0.3 is 24.3 Å². The molecule has 0 saturated carbocycles. The molecule has 1 heterocycles. The van der Waals surface area contributed by atoms with Crippen LogP contribution in [-0.4, -0.2) is 55.9 Å². The van der Waals surface area contributed by atoms with Gasteiger partial charge in [-0.2, -0.15) is 0 Å². The molecule has 0 aliphatic carbocycles. The van der Waals surface area contributed by atoms with E-state index in [4.69, 9.17) is 18.9 Å². The highest BCUT2D eigenvalue weighted by molar-refractivity contribution is 6.20. The van der Waals surface area contributed by atoms with Gasteiger partial charge in [0.05, 0.1) is 32.4 Å². The fraction of sp³-hybridized carbons (Fsp3) is 0.212. The average Bonchev–Trinajstić information content (AvgIpc) is 3.07. The Balaban J connectivity index is 2.09. The van der Waals surface area contributed by atoms with Gasteiger partial charge in [0.1, 0.15) is 22.9 Å². The van der Waals surface area contributed by atoms with Gasteiger partial charge in [-0.3, -0.25) is 19.7 Å². The van der Waals surface area contributed by atoms with Crippen LogP contribution in [0.15, 0.2) is 95.3 Å². The largest absolute Gasteiger partial charge is 0.497 e. The smallest absolute Gasteiger partial charge is 0.355 e. The van der Waals surface area contributed by atoms with Crippen molar-refractivity contribution >= 4 is 29.2 Å². The number of non-ortho nitro benzene ring substituents is 1. The normalized spacial score (nSPS) is 13.1. The molecule has 1 N–H and O–H groups in total. The Bertz CT molecular complexity index is 1610. The summed E-state index contributed by atoms with van der Waals surface area (Å²) in [5.41, 5.74) is -1.36. The number of nitro groups is 1. The molecule has 12 heteroatoms. The number of nitro benzene ring substituents is 1. The molecule has 3 aromatic carbocycles. The van der Waals surface area contributed by atoms with Gasteiger partial charge in [0.25, 0.3) is 5.69 Å². The minimum absolute atomic E-state index is 0.0778. The van der Waals surface area contributed by atoms with Gasteiger partial charge in [-0.25, -0.2) is 9.59 Å². The van der Waals surface area contributed by atoms with Crippen molar-refractivity contribution in [1.29, 1.82) is 0 Å². The first-order chi connectivity index (χ1) is 21.6. The first-order valence-electron chi connectivity index (χ1n) is 13.9. The van der Waals surface area contributed by atoms with Crippen LogP contribution in [0.2, 0.25) is 0 Å². The zero-order chi connectivity index (χ0) is 32.7. The summed E-state index contributed by atoms with van der Waals surface area (Å²) in [7, 11) is 2.92. The molecule has 1 aliphatic rings. The van der Waals surface area contributed by atoms with E-state index >= 15 is 0 Å². The SMILES string of the molecule is CCOC(=O)C1=C(C(=O)c2ccc(OC)cc2)C(c2cccc([N+](=O)[O-])c2)C(C(=O)c2ccc(OC)cc2)=C(C(=O)OCC)N1. The number of allylic oxidation sites excluding steroid dienone is 2. The number of methoxy groups -OCH3 is 2. The zero-order valence-electron chi connectivity index (χ0n) is 24.9. The van der Waals surface area contributed by atoms with Gasteiger partial charge in [0.2, 0.25) is 0 Å². The molecule has 0 unspecified atom stereocenters. The second-order valence-electron chi connectivity index (χ2n) is 9.54. The van der Waals surface area contributed by atoms with Crippen molar-refractivity contribution in [3.8, 4) is 11.5 Å². The Morgan fingerprint density at radius 3 is 1.56 bits per heavy atom. The lowest BCUT2D eigenvalue weighted by atomic mass is 9.74. The molecular weight excluding hydrogens is 584 g/mol. The molecule has 0 aromatic heterocycles. The summed E-state index contributed by atoms with van der Waals surface area (Å²) < 4.78 is 20.9. The summed E-state index contributed by atoms with van der Waals surface area (Å²) >= 11 is 0. The van der Waals surface area contributed by atoms with Gasteiger partial charge >= 0.3 is 11.9 Å². The average molecular weight is 615 g/mol. The molecule has 0 bridgehead atoms. The van der Waals surface area contributed by atoms with Crippen molar-refractivity contribution in [3.05, 3.63) is 122 Å². The van der Waals surface area contributed by atoms with E-state index in [9.17, 15) is 29.3 Å². The van der Waals surface area contributed by atoms with Gasteiger partial charge in [-0.15, -0.1) is 0 Å². The maximum absolute atomic E-state index is 14.4. The Morgan fingerprint density at radius 2 is 1.18 bits per heavy atom. The number of dihydropyridines is 1. The van der Waals surface area contributed by atoms with Crippen LogP contribution in [0.5, 0.6) is 11.5 Å². The van der Waals surface area contributed by atoms with Gasteiger partial charge in [0.15, 0.2) is 11.6 Å². The maximum atomic E-state index is 14.4. The minimum atomic E-state index is -1.45. The summed E-state index contributed by atoms with van der Waals surface area (Å²) in [5.74, 6) is -3.90. The number of Topliss-reactive ketones (excluding diaryl/α,β-unsaturated/α-hetero) is 2. The van der Waals surface area contributed by atoms with Crippen LogP contribution >= 0.6 is 0 Å². The van der Waals surface area contributed by atoms with E-state index in [-0.39, 0.29) is 46.7 Å². The quantitative estimate of drug-likeness (QED) is 0.130. The summed E-state index contributed by atoms with van der Waals surface area (Å²) in [6.07, 6.45) is 0. The number of carbonyl (C=O) groups excluding carboxylic acids is 4. The lowest BCUT2D eigenvalue weighted by Crippen LogP contribution is -2.39. The van der Waals surface area contributed by atoms with Crippen LogP contribution in [0.3, 0.4) is 0 Å². The summed E-state index contributed by atoms with van der Waals surface area (Å²) in [6.45, 7) is 2.97. The molecule has 0 atom stereocenters. The molecule has 12 nitrogen and oxygen atoms in total. The van der Waals surface area contributed by atoms with E-state index in [1.807, 2.05) is 0 Å². The zero-order valence-corrected chi connectivity index (χ0v) is 24.9. The van der Waals surface area contributed by atoms with Crippen LogP contribution in [-0.2, 0) is 19.1 Å². The summed E-state index contributed by atoms with van der Waals surface area (Å²) in [6, 6.07) is 17.3. The van der Waals surface area contributed by atoms with E-state index in [1.54, 1.807) is 38.1 Å². The number of esters is 2. The number of ether oxygens (including phenoxy) is 4. The van der Waals surface area contributed by atoms with Crippen LogP contribution < -0.4 is 14.8 Å². The number of benzene rings is 3. The molecule has 0 spiro atoms.